The summed E-state index contributed by atoms with van der Waals surface area (Å²) in [4.78, 5) is 0. The first-order valence-electron chi connectivity index (χ1n) is 5.82. The standard InChI is InChI=1S/C8H11N.C7H6O/c1-2-9-8-6-4-3-5-7-8;1-8-7-4-5-2-3-6(5)7/h3-7,9H,2H2,1H3;2-4H,1H3. The van der Waals surface area contributed by atoms with Gasteiger partial charge in [-0.3, -0.25) is 0 Å². The third-order valence-electron chi connectivity index (χ3n) is 2.67. The van der Waals surface area contributed by atoms with Crippen LogP contribution in [-0.2, 0) is 0 Å². The number of rotatable bonds is 3. The number of nitrogens with one attached hydrogen (secondary N) is 1. The van der Waals surface area contributed by atoms with Crippen molar-refractivity contribution in [2.45, 2.75) is 6.92 Å². The van der Waals surface area contributed by atoms with Gasteiger partial charge in [0.1, 0.15) is 5.75 Å². The average Bonchev–Trinajstić information content (AvgIpc) is 2.35. The van der Waals surface area contributed by atoms with Crippen LogP contribution in [-0.4, -0.2) is 13.7 Å². The van der Waals surface area contributed by atoms with E-state index in [1.54, 1.807) is 7.11 Å². The molecule has 0 atom stereocenters. The normalized spacial score (nSPS) is 10.0. The highest BCUT2D eigenvalue weighted by Crippen LogP contribution is 2.22. The summed E-state index contributed by atoms with van der Waals surface area (Å²) in [6.07, 6.45) is 0. The number of hydrogen-bond acceptors (Lipinski definition) is 2. The van der Waals surface area contributed by atoms with Gasteiger partial charge in [-0.05, 0) is 30.3 Å². The SMILES string of the molecule is CCNc1ccccc1.COc1cc2ccc1=2. The molecule has 1 N–H and O–H groups in total. The second kappa shape index (κ2) is 5.39. The highest BCUT2D eigenvalue weighted by molar-refractivity contribution is 5.42. The molecule has 2 aliphatic rings. The molecule has 0 aromatic heterocycles. The van der Waals surface area contributed by atoms with Crippen LogP contribution < -0.4 is 10.1 Å². The zero-order chi connectivity index (χ0) is 12.1. The molecule has 0 radical (unpaired) electrons. The molecule has 2 nitrogen and oxygen atoms in total. The maximum Gasteiger partial charge on any atom is 0.127 e. The van der Waals surface area contributed by atoms with Crippen molar-refractivity contribution >= 4 is 5.69 Å². The fourth-order valence-electron chi connectivity index (χ4n) is 1.68. The lowest BCUT2D eigenvalue weighted by Crippen LogP contribution is -1.94. The summed E-state index contributed by atoms with van der Waals surface area (Å²) in [7, 11) is 1.70. The van der Waals surface area contributed by atoms with Crippen LogP contribution in [0.5, 0.6) is 5.75 Å². The molecule has 0 heterocycles. The number of hydrogen-bond donors (Lipinski definition) is 1. The van der Waals surface area contributed by atoms with Crippen LogP contribution in [0.4, 0.5) is 5.69 Å². The van der Waals surface area contributed by atoms with Gasteiger partial charge < -0.3 is 10.1 Å². The fourth-order valence-corrected chi connectivity index (χ4v) is 1.68. The van der Waals surface area contributed by atoms with Gasteiger partial charge >= 0.3 is 0 Å². The minimum absolute atomic E-state index is 0.990. The second-order valence-corrected chi connectivity index (χ2v) is 3.81. The van der Waals surface area contributed by atoms with E-state index in [-0.39, 0.29) is 0 Å². The van der Waals surface area contributed by atoms with Gasteiger partial charge in [0.05, 0.1) is 7.11 Å². The predicted octanol–water partition coefficient (Wildman–Crippen LogP) is 3.41. The molecule has 0 unspecified atom stereocenters. The molecule has 88 valence electrons. The minimum atomic E-state index is 0.990. The maximum atomic E-state index is 4.97. The Balaban J connectivity index is 0.000000127. The van der Waals surface area contributed by atoms with Gasteiger partial charge in [-0.1, -0.05) is 30.3 Å². The van der Waals surface area contributed by atoms with Crippen molar-refractivity contribution < 1.29 is 4.74 Å². The van der Waals surface area contributed by atoms with Crippen LogP contribution in [0.1, 0.15) is 6.92 Å². The fraction of sp³-hybridized carbons (Fsp3) is 0.200. The summed E-state index contributed by atoms with van der Waals surface area (Å²) in [5.41, 5.74) is 1.19. The minimum Gasteiger partial charge on any atom is -0.496 e. The molecule has 0 fully saturated rings. The van der Waals surface area contributed by atoms with E-state index in [9.17, 15) is 0 Å². The molecule has 0 aliphatic heterocycles. The van der Waals surface area contributed by atoms with Crippen molar-refractivity contribution in [2.75, 3.05) is 19.0 Å². The Labute approximate surface area is 102 Å². The average molecular weight is 227 g/mol. The van der Waals surface area contributed by atoms with Crippen molar-refractivity contribution in [3.05, 3.63) is 59.0 Å². The number of benzene rings is 2. The smallest absolute Gasteiger partial charge is 0.127 e. The zero-order valence-corrected chi connectivity index (χ0v) is 10.2. The van der Waals surface area contributed by atoms with Gasteiger partial charge in [-0.2, -0.15) is 0 Å². The Kier molecular flexibility index (Phi) is 3.66. The Morgan fingerprint density at radius 2 is 1.82 bits per heavy atom. The molecule has 0 spiro atoms. The third-order valence-corrected chi connectivity index (χ3v) is 2.67. The monoisotopic (exact) mass is 227 g/mol. The lowest BCUT2D eigenvalue weighted by Gasteiger charge is -2.08. The summed E-state index contributed by atoms with van der Waals surface area (Å²) >= 11 is 0. The van der Waals surface area contributed by atoms with Crippen LogP contribution in [0.2, 0.25) is 0 Å². The predicted molar refractivity (Wildman–Crippen MR) is 71.3 cm³/mol. The van der Waals surface area contributed by atoms with E-state index < -0.39 is 0 Å². The molecular formula is C15H17NO. The van der Waals surface area contributed by atoms with E-state index in [1.807, 2.05) is 24.3 Å². The van der Waals surface area contributed by atoms with Crippen LogP contribution >= 0.6 is 0 Å². The van der Waals surface area contributed by atoms with Crippen molar-refractivity contribution in [3.63, 3.8) is 0 Å². The molecule has 0 amide bonds. The van der Waals surface area contributed by atoms with Crippen molar-refractivity contribution in [2.24, 2.45) is 0 Å². The van der Waals surface area contributed by atoms with Gasteiger partial charge in [-0.25, -0.2) is 0 Å². The number of anilines is 1. The second-order valence-electron chi connectivity index (χ2n) is 3.81. The first-order valence-corrected chi connectivity index (χ1v) is 5.82. The van der Waals surface area contributed by atoms with Gasteiger partial charge in [0.25, 0.3) is 0 Å². The Morgan fingerprint density at radius 3 is 2.18 bits per heavy atom. The molecule has 0 saturated heterocycles. The topological polar surface area (TPSA) is 21.3 Å². The number of ether oxygens (including phenoxy) is 1. The van der Waals surface area contributed by atoms with Crippen LogP contribution in [0.3, 0.4) is 0 Å². The molecule has 1 aromatic carbocycles. The summed E-state index contributed by atoms with van der Waals surface area (Å²) in [5, 5.41) is 5.83. The first kappa shape index (κ1) is 11.5. The summed E-state index contributed by atoms with van der Waals surface area (Å²) in [6.45, 7) is 3.08. The van der Waals surface area contributed by atoms with Gasteiger partial charge in [-0.15, -0.1) is 0 Å². The molecule has 2 aliphatic carbocycles. The van der Waals surface area contributed by atoms with Gasteiger partial charge in [0, 0.05) is 17.5 Å². The Hall–Kier alpha value is -1.96. The lowest BCUT2D eigenvalue weighted by molar-refractivity contribution is 0.407. The zero-order valence-electron chi connectivity index (χ0n) is 10.2. The number of para-hydroxylation sites is 1. The highest BCUT2D eigenvalue weighted by Gasteiger charge is 2.03. The largest absolute Gasteiger partial charge is 0.496 e. The molecule has 1 aromatic rings. The summed E-state index contributed by atoms with van der Waals surface area (Å²) < 4.78 is 4.97. The Morgan fingerprint density at radius 1 is 1.06 bits per heavy atom. The summed E-state index contributed by atoms with van der Waals surface area (Å²) in [5.74, 6) is 1.03. The molecule has 2 heteroatoms. The summed E-state index contributed by atoms with van der Waals surface area (Å²) in [6, 6.07) is 16.4. The molecule has 0 saturated carbocycles. The van der Waals surface area contributed by atoms with Crippen molar-refractivity contribution in [3.8, 4) is 5.75 Å². The van der Waals surface area contributed by atoms with E-state index in [4.69, 9.17) is 4.74 Å². The van der Waals surface area contributed by atoms with E-state index in [0.29, 0.717) is 0 Å². The molecule has 3 rings (SSSR count). The van der Waals surface area contributed by atoms with Gasteiger partial charge in [0.15, 0.2) is 0 Å². The third kappa shape index (κ3) is 2.59. The van der Waals surface area contributed by atoms with E-state index in [2.05, 4.69) is 36.5 Å². The molecular weight excluding hydrogens is 210 g/mol. The highest BCUT2D eigenvalue weighted by atomic mass is 16.5. The lowest BCUT2D eigenvalue weighted by atomic mass is 10.1. The van der Waals surface area contributed by atoms with E-state index in [0.717, 1.165) is 12.3 Å². The maximum absolute atomic E-state index is 4.97. The number of methoxy groups -OCH3 is 1. The van der Waals surface area contributed by atoms with Crippen molar-refractivity contribution in [1.29, 1.82) is 0 Å². The van der Waals surface area contributed by atoms with Gasteiger partial charge in [0.2, 0.25) is 0 Å². The van der Waals surface area contributed by atoms with Crippen molar-refractivity contribution in [1.82, 2.24) is 0 Å². The first-order chi connectivity index (χ1) is 8.35. The quantitative estimate of drug-likeness (QED) is 0.740. The molecule has 0 bridgehead atoms. The van der Waals surface area contributed by atoms with E-state index in [1.165, 1.54) is 16.1 Å². The Bertz CT molecular complexity index is 563. The van der Waals surface area contributed by atoms with Crippen LogP contribution in [0, 0.1) is 10.4 Å². The van der Waals surface area contributed by atoms with Crippen LogP contribution in [0.15, 0.2) is 48.5 Å². The van der Waals surface area contributed by atoms with E-state index >= 15 is 0 Å². The van der Waals surface area contributed by atoms with Crippen LogP contribution in [0.25, 0.3) is 0 Å². The molecule has 17 heavy (non-hydrogen) atoms.